The van der Waals surface area contributed by atoms with Gasteiger partial charge in [-0.15, -0.1) is 0 Å². The minimum Gasteiger partial charge on any atom is -0.481 e. The van der Waals surface area contributed by atoms with Crippen LogP contribution in [0.25, 0.3) is 0 Å². The van der Waals surface area contributed by atoms with Crippen molar-refractivity contribution < 1.29 is 13.9 Å². The first kappa shape index (κ1) is 15.6. The summed E-state index contributed by atoms with van der Waals surface area (Å²) in [5.41, 5.74) is 1.01. The molecule has 0 unspecified atom stereocenters. The predicted molar refractivity (Wildman–Crippen MR) is 78.9 cm³/mol. The van der Waals surface area contributed by atoms with Crippen LogP contribution in [-0.4, -0.2) is 24.2 Å². The number of anilines is 1. The molecule has 0 aliphatic rings. The van der Waals surface area contributed by atoms with Gasteiger partial charge in [0.05, 0.1) is 42.1 Å². The monoisotopic (exact) mass is 331 g/mol. The van der Waals surface area contributed by atoms with E-state index in [0.29, 0.717) is 23.0 Å². The lowest BCUT2D eigenvalue weighted by Crippen LogP contribution is -2.07. The summed E-state index contributed by atoms with van der Waals surface area (Å²) >= 11 is 11.9. The number of hydrogen-bond acceptors (Lipinski definition) is 5. The van der Waals surface area contributed by atoms with Crippen molar-refractivity contribution in [3.63, 3.8) is 0 Å². The van der Waals surface area contributed by atoms with Crippen LogP contribution < -0.4 is 14.8 Å². The average molecular weight is 332 g/mol. The average Bonchev–Trinajstić information content (AvgIpc) is 2.45. The van der Waals surface area contributed by atoms with Crippen LogP contribution in [0.15, 0.2) is 18.5 Å². The number of benzene rings is 1. The van der Waals surface area contributed by atoms with Crippen molar-refractivity contribution in [1.29, 1.82) is 0 Å². The Bertz CT molecular complexity index is 610. The molecule has 5 nitrogen and oxygen atoms in total. The van der Waals surface area contributed by atoms with Gasteiger partial charge < -0.3 is 14.8 Å². The van der Waals surface area contributed by atoms with Crippen LogP contribution in [-0.2, 0) is 6.54 Å². The fraction of sp³-hybridized carbons (Fsp3) is 0.231. The second-order valence-electron chi connectivity index (χ2n) is 3.97. The molecule has 0 radical (unpaired) electrons. The van der Waals surface area contributed by atoms with Gasteiger partial charge in [0.2, 0.25) is 11.8 Å². The SMILES string of the molecule is COc1ncnc(OC)c1CNc1c(Cl)cc(F)cc1Cl. The van der Waals surface area contributed by atoms with E-state index in [1.165, 1.54) is 32.7 Å². The van der Waals surface area contributed by atoms with Crippen molar-refractivity contribution in [3.8, 4) is 11.8 Å². The topological polar surface area (TPSA) is 56.3 Å². The molecular weight excluding hydrogens is 320 g/mol. The smallest absolute Gasteiger partial charge is 0.225 e. The molecule has 0 atom stereocenters. The molecule has 0 spiro atoms. The van der Waals surface area contributed by atoms with Crippen LogP contribution in [0.2, 0.25) is 10.0 Å². The lowest BCUT2D eigenvalue weighted by molar-refractivity contribution is 0.363. The van der Waals surface area contributed by atoms with Crippen LogP contribution in [0.5, 0.6) is 11.8 Å². The first-order chi connectivity index (χ1) is 10.1. The van der Waals surface area contributed by atoms with Crippen LogP contribution >= 0.6 is 23.2 Å². The fourth-order valence-electron chi connectivity index (χ4n) is 1.77. The minimum atomic E-state index is -0.506. The summed E-state index contributed by atoms with van der Waals surface area (Å²) in [6.07, 6.45) is 1.33. The summed E-state index contributed by atoms with van der Waals surface area (Å²) in [6, 6.07) is 2.34. The lowest BCUT2D eigenvalue weighted by Gasteiger charge is -2.14. The minimum absolute atomic E-state index is 0.176. The van der Waals surface area contributed by atoms with Gasteiger partial charge in [0.1, 0.15) is 12.1 Å². The van der Waals surface area contributed by atoms with Gasteiger partial charge in [-0.05, 0) is 12.1 Å². The van der Waals surface area contributed by atoms with Crippen molar-refractivity contribution in [2.45, 2.75) is 6.54 Å². The highest BCUT2D eigenvalue weighted by atomic mass is 35.5. The number of nitrogens with one attached hydrogen (secondary N) is 1. The van der Waals surface area contributed by atoms with Crippen molar-refractivity contribution >= 4 is 28.9 Å². The Labute approximate surface area is 131 Å². The highest BCUT2D eigenvalue weighted by Crippen LogP contribution is 2.33. The van der Waals surface area contributed by atoms with Crippen LogP contribution in [0.4, 0.5) is 10.1 Å². The quantitative estimate of drug-likeness (QED) is 0.907. The maximum absolute atomic E-state index is 13.2. The summed E-state index contributed by atoms with van der Waals surface area (Å²) in [5.74, 6) is 0.223. The van der Waals surface area contributed by atoms with Crippen molar-refractivity contribution in [2.24, 2.45) is 0 Å². The first-order valence-electron chi connectivity index (χ1n) is 5.87. The Kier molecular flexibility index (Phi) is 5.03. The third-order valence-electron chi connectivity index (χ3n) is 2.70. The Morgan fingerprint density at radius 3 is 2.10 bits per heavy atom. The first-order valence-corrected chi connectivity index (χ1v) is 6.62. The number of aromatic nitrogens is 2. The molecular formula is C13H12Cl2FN3O2. The van der Waals surface area contributed by atoms with E-state index in [2.05, 4.69) is 15.3 Å². The van der Waals surface area contributed by atoms with Gasteiger partial charge in [-0.25, -0.2) is 14.4 Å². The third kappa shape index (κ3) is 3.46. The van der Waals surface area contributed by atoms with E-state index in [-0.39, 0.29) is 16.6 Å². The summed E-state index contributed by atoms with van der Waals surface area (Å²) in [6.45, 7) is 0.248. The summed E-state index contributed by atoms with van der Waals surface area (Å²) in [5, 5.41) is 3.36. The molecule has 0 fully saturated rings. The Morgan fingerprint density at radius 2 is 1.62 bits per heavy atom. The van der Waals surface area contributed by atoms with Gasteiger partial charge in [0, 0.05) is 0 Å². The van der Waals surface area contributed by atoms with Gasteiger partial charge in [-0.1, -0.05) is 23.2 Å². The Morgan fingerprint density at radius 1 is 1.10 bits per heavy atom. The lowest BCUT2D eigenvalue weighted by atomic mass is 10.2. The van der Waals surface area contributed by atoms with Crippen LogP contribution in [0.1, 0.15) is 5.56 Å². The number of methoxy groups -OCH3 is 2. The van der Waals surface area contributed by atoms with Crippen LogP contribution in [0.3, 0.4) is 0 Å². The molecule has 1 aromatic carbocycles. The molecule has 0 bridgehead atoms. The molecule has 21 heavy (non-hydrogen) atoms. The molecule has 8 heteroatoms. The van der Waals surface area contributed by atoms with Gasteiger partial charge in [-0.3, -0.25) is 0 Å². The number of halogens is 3. The highest BCUT2D eigenvalue weighted by molar-refractivity contribution is 6.39. The largest absolute Gasteiger partial charge is 0.481 e. The summed E-state index contributed by atoms with van der Waals surface area (Å²) < 4.78 is 23.5. The van der Waals surface area contributed by atoms with E-state index >= 15 is 0 Å². The van der Waals surface area contributed by atoms with Crippen LogP contribution in [0, 0.1) is 5.82 Å². The highest BCUT2D eigenvalue weighted by Gasteiger charge is 2.15. The van der Waals surface area contributed by atoms with E-state index in [4.69, 9.17) is 32.7 Å². The van der Waals surface area contributed by atoms with E-state index in [0.717, 1.165) is 0 Å². The summed E-state index contributed by atoms with van der Waals surface area (Å²) in [7, 11) is 2.98. The van der Waals surface area contributed by atoms with E-state index in [1.807, 2.05) is 0 Å². The van der Waals surface area contributed by atoms with E-state index in [1.54, 1.807) is 0 Å². The molecule has 1 aromatic heterocycles. The maximum atomic E-state index is 13.2. The van der Waals surface area contributed by atoms with Gasteiger partial charge >= 0.3 is 0 Å². The molecule has 0 amide bonds. The zero-order valence-corrected chi connectivity index (χ0v) is 12.8. The molecule has 1 heterocycles. The zero-order chi connectivity index (χ0) is 15.4. The molecule has 0 aliphatic heterocycles. The molecule has 1 N–H and O–H groups in total. The molecule has 0 saturated heterocycles. The molecule has 112 valence electrons. The van der Waals surface area contributed by atoms with Crippen molar-refractivity contribution in [1.82, 2.24) is 9.97 Å². The van der Waals surface area contributed by atoms with Crippen molar-refractivity contribution in [2.75, 3.05) is 19.5 Å². The predicted octanol–water partition coefficient (Wildman–Crippen LogP) is 3.55. The fourth-order valence-corrected chi connectivity index (χ4v) is 2.37. The van der Waals surface area contributed by atoms with Gasteiger partial charge in [0.25, 0.3) is 0 Å². The number of ether oxygens (including phenoxy) is 2. The standard InChI is InChI=1S/C13H12Cl2FN3O2/c1-20-12-8(13(21-2)19-6-18-12)5-17-11-9(14)3-7(16)4-10(11)15/h3-4,6,17H,5H2,1-2H3. The molecule has 0 aliphatic carbocycles. The number of rotatable bonds is 5. The second-order valence-corrected chi connectivity index (χ2v) is 4.78. The summed E-state index contributed by atoms with van der Waals surface area (Å²) in [4.78, 5) is 8.00. The zero-order valence-electron chi connectivity index (χ0n) is 11.3. The van der Waals surface area contributed by atoms with E-state index in [9.17, 15) is 4.39 Å². The van der Waals surface area contributed by atoms with Gasteiger partial charge in [0.15, 0.2) is 0 Å². The third-order valence-corrected chi connectivity index (χ3v) is 3.30. The number of hydrogen-bond donors (Lipinski definition) is 1. The molecule has 2 rings (SSSR count). The Hall–Kier alpha value is -1.79. The second kappa shape index (κ2) is 6.78. The maximum Gasteiger partial charge on any atom is 0.225 e. The number of nitrogens with zero attached hydrogens (tertiary/aromatic N) is 2. The van der Waals surface area contributed by atoms with Gasteiger partial charge in [-0.2, -0.15) is 0 Å². The molecule has 0 saturated carbocycles. The normalized spacial score (nSPS) is 10.3. The Balaban J connectivity index is 2.28. The van der Waals surface area contributed by atoms with Crippen molar-refractivity contribution in [3.05, 3.63) is 39.9 Å². The molecule has 2 aromatic rings. The van der Waals surface area contributed by atoms with E-state index < -0.39 is 5.82 Å².